The molecular weight excluding hydrogens is 270 g/mol. The summed E-state index contributed by atoms with van der Waals surface area (Å²) in [6.07, 6.45) is 4.80. The van der Waals surface area contributed by atoms with Crippen molar-refractivity contribution in [2.45, 2.75) is 19.3 Å². The number of aromatic nitrogens is 1. The molecule has 0 amide bonds. The van der Waals surface area contributed by atoms with Gasteiger partial charge in [-0.2, -0.15) is 0 Å². The van der Waals surface area contributed by atoms with Crippen molar-refractivity contribution in [2.75, 3.05) is 0 Å². The third kappa shape index (κ3) is 1.84. The zero-order chi connectivity index (χ0) is 13.5. The highest BCUT2D eigenvalue weighted by atomic mass is 32.1. The first-order valence-electron chi connectivity index (χ1n) is 6.57. The van der Waals surface area contributed by atoms with Crippen LogP contribution >= 0.6 is 11.3 Å². The molecule has 0 aliphatic heterocycles. The molecule has 0 spiro atoms. The van der Waals surface area contributed by atoms with Crippen molar-refractivity contribution < 1.29 is 8.83 Å². The molecular formula is C16H13NO2S. The number of hydrogen-bond acceptors (Lipinski definition) is 4. The topological polar surface area (TPSA) is 39.2 Å². The van der Waals surface area contributed by atoms with Crippen LogP contribution in [0.3, 0.4) is 0 Å². The molecule has 3 nitrogen and oxygen atoms in total. The molecule has 0 aromatic carbocycles. The van der Waals surface area contributed by atoms with Crippen LogP contribution < -0.4 is 0 Å². The van der Waals surface area contributed by atoms with Crippen molar-refractivity contribution >= 4 is 16.9 Å². The van der Waals surface area contributed by atoms with E-state index in [-0.39, 0.29) is 0 Å². The van der Waals surface area contributed by atoms with Gasteiger partial charge < -0.3 is 8.83 Å². The Morgan fingerprint density at radius 3 is 3.00 bits per heavy atom. The van der Waals surface area contributed by atoms with Crippen LogP contribution in [0.5, 0.6) is 0 Å². The maximum absolute atomic E-state index is 5.77. The van der Waals surface area contributed by atoms with Crippen LogP contribution in [0.4, 0.5) is 0 Å². The summed E-state index contributed by atoms with van der Waals surface area (Å²) in [6.45, 7) is 1.89. The van der Waals surface area contributed by atoms with Crippen LogP contribution in [0, 0.1) is 6.92 Å². The largest absolute Gasteiger partial charge is 0.464 e. The van der Waals surface area contributed by atoms with Crippen molar-refractivity contribution in [3.05, 3.63) is 70.0 Å². The highest BCUT2D eigenvalue weighted by Gasteiger charge is 2.28. The van der Waals surface area contributed by atoms with Gasteiger partial charge in [0.05, 0.1) is 6.26 Å². The van der Waals surface area contributed by atoms with E-state index in [1.54, 1.807) is 17.6 Å². The van der Waals surface area contributed by atoms with Gasteiger partial charge in [-0.05, 0) is 23.6 Å². The van der Waals surface area contributed by atoms with E-state index in [1.165, 1.54) is 4.88 Å². The summed E-state index contributed by atoms with van der Waals surface area (Å²) >= 11 is 1.77. The Bertz CT molecular complexity index is 751. The number of rotatable bonds is 2. The fraction of sp³-hybridized carbons (Fsp3) is 0.188. The molecule has 0 saturated heterocycles. The number of oxazole rings is 1. The molecule has 0 bridgehead atoms. The fourth-order valence-corrected chi connectivity index (χ4v) is 3.47. The van der Waals surface area contributed by atoms with Gasteiger partial charge >= 0.3 is 0 Å². The average Bonchev–Trinajstić information content (AvgIpc) is 3.18. The fourth-order valence-electron chi connectivity index (χ4n) is 2.67. The molecule has 1 aliphatic carbocycles. The molecule has 4 rings (SSSR count). The van der Waals surface area contributed by atoms with Gasteiger partial charge in [0, 0.05) is 29.7 Å². The molecule has 1 atom stereocenters. The minimum atomic E-state index is 0.329. The summed E-state index contributed by atoms with van der Waals surface area (Å²) in [5.41, 5.74) is 1.96. The van der Waals surface area contributed by atoms with E-state index in [9.17, 15) is 0 Å². The van der Waals surface area contributed by atoms with E-state index in [4.69, 9.17) is 8.83 Å². The molecule has 4 heteroatoms. The number of aryl methyl sites for hydroxylation is 1. The minimum absolute atomic E-state index is 0.329. The number of allylic oxidation sites excluding steroid dienone is 1. The van der Waals surface area contributed by atoms with E-state index < -0.39 is 0 Å². The van der Waals surface area contributed by atoms with Gasteiger partial charge in [0.1, 0.15) is 17.2 Å². The lowest BCUT2D eigenvalue weighted by Crippen LogP contribution is -2.07. The van der Waals surface area contributed by atoms with E-state index >= 15 is 0 Å². The normalized spacial score (nSPS) is 17.9. The van der Waals surface area contributed by atoms with E-state index in [0.29, 0.717) is 11.8 Å². The lowest BCUT2D eigenvalue weighted by atomic mass is 9.89. The second kappa shape index (κ2) is 4.49. The Kier molecular flexibility index (Phi) is 2.63. The standard InChI is InChI=1S/C16H13NO2S/c1-10-17-16-12(13-4-2-6-18-13)8-11(9-14(16)19-10)15-5-3-7-20-15/h2-8,11H,9H2,1H3. The third-order valence-corrected chi connectivity index (χ3v) is 4.53. The van der Waals surface area contributed by atoms with Crippen molar-refractivity contribution in [1.82, 2.24) is 4.98 Å². The monoisotopic (exact) mass is 283 g/mol. The molecule has 3 aromatic rings. The van der Waals surface area contributed by atoms with Crippen molar-refractivity contribution in [3.8, 4) is 0 Å². The Hall–Kier alpha value is -2.07. The molecule has 0 fully saturated rings. The van der Waals surface area contributed by atoms with Crippen LogP contribution in [-0.4, -0.2) is 4.98 Å². The number of fused-ring (bicyclic) bond motifs is 1. The van der Waals surface area contributed by atoms with Crippen LogP contribution in [0.15, 0.2) is 50.8 Å². The molecule has 100 valence electrons. The first-order chi connectivity index (χ1) is 9.81. The van der Waals surface area contributed by atoms with E-state index in [1.807, 2.05) is 19.1 Å². The molecule has 0 radical (unpaired) electrons. The predicted molar refractivity (Wildman–Crippen MR) is 77.8 cm³/mol. The molecule has 3 heterocycles. The van der Waals surface area contributed by atoms with Gasteiger partial charge in [0.2, 0.25) is 0 Å². The van der Waals surface area contributed by atoms with Gasteiger partial charge in [-0.1, -0.05) is 12.1 Å². The molecule has 1 unspecified atom stereocenters. The first kappa shape index (κ1) is 11.7. The summed E-state index contributed by atoms with van der Waals surface area (Å²) in [4.78, 5) is 5.85. The summed E-state index contributed by atoms with van der Waals surface area (Å²) in [5.74, 6) is 2.84. The maximum atomic E-state index is 5.77. The minimum Gasteiger partial charge on any atom is -0.464 e. The van der Waals surface area contributed by atoms with E-state index in [2.05, 4.69) is 28.6 Å². The second-order valence-corrected chi connectivity index (χ2v) is 5.87. The van der Waals surface area contributed by atoms with Gasteiger partial charge in [-0.25, -0.2) is 4.98 Å². The lowest BCUT2D eigenvalue weighted by Gasteiger charge is -2.17. The molecule has 0 saturated carbocycles. The van der Waals surface area contributed by atoms with Crippen LogP contribution in [0.2, 0.25) is 0 Å². The van der Waals surface area contributed by atoms with Crippen molar-refractivity contribution in [2.24, 2.45) is 0 Å². The zero-order valence-corrected chi connectivity index (χ0v) is 11.8. The zero-order valence-electron chi connectivity index (χ0n) is 11.0. The number of hydrogen-bond donors (Lipinski definition) is 0. The highest BCUT2D eigenvalue weighted by molar-refractivity contribution is 7.10. The van der Waals surface area contributed by atoms with Crippen LogP contribution in [0.1, 0.15) is 33.9 Å². The second-order valence-electron chi connectivity index (χ2n) is 4.89. The van der Waals surface area contributed by atoms with Gasteiger partial charge in [-0.3, -0.25) is 0 Å². The average molecular weight is 283 g/mol. The Balaban J connectivity index is 1.86. The summed E-state index contributed by atoms with van der Waals surface area (Å²) in [5, 5.41) is 2.11. The summed E-state index contributed by atoms with van der Waals surface area (Å²) in [6, 6.07) is 8.12. The number of thiophene rings is 1. The first-order valence-corrected chi connectivity index (χ1v) is 7.45. The maximum Gasteiger partial charge on any atom is 0.191 e. The van der Waals surface area contributed by atoms with Crippen LogP contribution in [-0.2, 0) is 6.42 Å². The van der Waals surface area contributed by atoms with Gasteiger partial charge in [0.25, 0.3) is 0 Å². The number of nitrogens with zero attached hydrogens (tertiary/aromatic N) is 1. The van der Waals surface area contributed by atoms with Crippen molar-refractivity contribution in [1.29, 1.82) is 0 Å². The molecule has 20 heavy (non-hydrogen) atoms. The third-order valence-electron chi connectivity index (χ3n) is 3.53. The summed E-state index contributed by atoms with van der Waals surface area (Å²) < 4.78 is 11.3. The van der Waals surface area contributed by atoms with Crippen LogP contribution in [0.25, 0.3) is 5.57 Å². The Morgan fingerprint density at radius 2 is 2.25 bits per heavy atom. The van der Waals surface area contributed by atoms with Gasteiger partial charge in [0.15, 0.2) is 5.89 Å². The SMILES string of the molecule is Cc1nc2c(o1)CC(c1cccs1)C=C2c1ccco1. The van der Waals surface area contributed by atoms with Crippen molar-refractivity contribution in [3.63, 3.8) is 0 Å². The Labute approximate surface area is 120 Å². The summed E-state index contributed by atoms with van der Waals surface area (Å²) in [7, 11) is 0. The Morgan fingerprint density at radius 1 is 1.30 bits per heavy atom. The molecule has 0 N–H and O–H groups in total. The predicted octanol–water partition coefficient (Wildman–Crippen LogP) is 4.41. The lowest BCUT2D eigenvalue weighted by molar-refractivity contribution is 0.466. The molecule has 3 aromatic heterocycles. The number of furan rings is 1. The molecule has 1 aliphatic rings. The highest BCUT2D eigenvalue weighted by Crippen LogP contribution is 2.39. The smallest absolute Gasteiger partial charge is 0.191 e. The van der Waals surface area contributed by atoms with E-state index in [0.717, 1.165) is 29.2 Å². The van der Waals surface area contributed by atoms with Gasteiger partial charge in [-0.15, -0.1) is 11.3 Å². The quantitative estimate of drug-likeness (QED) is 0.699.